The smallest absolute Gasteiger partial charge is 0.100 e. The lowest BCUT2D eigenvalue weighted by Crippen LogP contribution is -2.27. The van der Waals surface area contributed by atoms with E-state index in [1.807, 2.05) is 76.2 Å². The summed E-state index contributed by atoms with van der Waals surface area (Å²) in [4.78, 5) is 0. The minimum atomic E-state index is -0.751. The minimum Gasteiger partial charge on any atom is -0.394 e. The number of rotatable bonds is 9. The van der Waals surface area contributed by atoms with Crippen molar-refractivity contribution in [3.63, 3.8) is 0 Å². The minimum absolute atomic E-state index is 0.129. The number of hydrogen-bond acceptors (Lipinski definition) is 7. The Morgan fingerprint density at radius 2 is 0.767 bits per heavy atom. The monoisotopic (exact) mass is 440 g/mol. The molecule has 0 heterocycles. The highest BCUT2D eigenvalue weighted by molar-refractivity contribution is 4.62. The van der Waals surface area contributed by atoms with E-state index in [9.17, 15) is 0 Å². The van der Waals surface area contributed by atoms with Crippen LogP contribution in [0.2, 0.25) is 0 Å². The lowest BCUT2D eigenvalue weighted by molar-refractivity contribution is -0.0613. The predicted molar refractivity (Wildman–Crippen MR) is 123 cm³/mol. The molecule has 4 N–H and O–H groups in total. The molecular weight excluding hydrogens is 388 g/mol. The highest BCUT2D eigenvalue weighted by atomic mass is 16.5. The van der Waals surface area contributed by atoms with Crippen molar-refractivity contribution in [3.05, 3.63) is 0 Å². The topological polar surface area (TPSA) is 109 Å². The van der Waals surface area contributed by atoms with Crippen LogP contribution in [0.15, 0.2) is 0 Å². The van der Waals surface area contributed by atoms with Crippen LogP contribution in [0.5, 0.6) is 0 Å². The Morgan fingerprint density at radius 1 is 0.533 bits per heavy atom. The van der Waals surface area contributed by atoms with Gasteiger partial charge in [0.15, 0.2) is 0 Å². The molecule has 0 fully saturated rings. The Labute approximate surface area is 185 Å². The van der Waals surface area contributed by atoms with Crippen molar-refractivity contribution in [3.8, 4) is 0 Å². The van der Waals surface area contributed by atoms with E-state index >= 15 is 0 Å². The molecule has 0 saturated heterocycles. The zero-order valence-electron chi connectivity index (χ0n) is 21.5. The fourth-order valence-corrected chi connectivity index (χ4v) is 1.33. The van der Waals surface area contributed by atoms with E-state index in [0.29, 0.717) is 13.2 Å². The van der Waals surface area contributed by atoms with Gasteiger partial charge in [-0.2, -0.15) is 0 Å². The second-order valence-electron chi connectivity index (χ2n) is 10.2. The van der Waals surface area contributed by atoms with E-state index in [0.717, 1.165) is 12.8 Å². The molecule has 0 aliphatic heterocycles. The maximum absolute atomic E-state index is 9.10. The third kappa shape index (κ3) is 35.2. The maximum atomic E-state index is 9.10. The molecular formula is C23H52O7. The van der Waals surface area contributed by atoms with E-state index in [2.05, 4.69) is 0 Å². The average Bonchev–Trinajstić information content (AvgIpc) is 2.61. The van der Waals surface area contributed by atoms with Crippen molar-refractivity contribution in [1.29, 1.82) is 0 Å². The van der Waals surface area contributed by atoms with E-state index in [-0.39, 0.29) is 42.2 Å². The Balaban J connectivity index is -0.000000364. The van der Waals surface area contributed by atoms with Crippen molar-refractivity contribution in [2.45, 2.75) is 124 Å². The molecule has 0 aromatic rings. The Morgan fingerprint density at radius 3 is 0.933 bits per heavy atom. The summed E-state index contributed by atoms with van der Waals surface area (Å²) in [7, 11) is 0. The third-order valence-corrected chi connectivity index (χ3v) is 3.28. The first-order valence-corrected chi connectivity index (χ1v) is 10.9. The number of ether oxygens (including phenoxy) is 3. The van der Waals surface area contributed by atoms with Gasteiger partial charge in [-0.25, -0.2) is 0 Å². The Bertz CT molecular complexity index is 310. The summed E-state index contributed by atoms with van der Waals surface area (Å²) >= 11 is 0. The Kier molecular flexibility index (Phi) is 19.8. The first-order valence-electron chi connectivity index (χ1n) is 10.9. The van der Waals surface area contributed by atoms with Crippen molar-refractivity contribution < 1.29 is 34.6 Å². The molecule has 7 heteroatoms. The molecule has 186 valence electrons. The van der Waals surface area contributed by atoms with Gasteiger partial charge in [0.1, 0.15) is 6.10 Å². The van der Waals surface area contributed by atoms with E-state index < -0.39 is 6.10 Å². The molecule has 0 radical (unpaired) electrons. The van der Waals surface area contributed by atoms with Crippen LogP contribution in [0.25, 0.3) is 0 Å². The third-order valence-electron chi connectivity index (χ3n) is 3.28. The second-order valence-corrected chi connectivity index (χ2v) is 10.2. The summed E-state index contributed by atoms with van der Waals surface area (Å²) in [5.74, 6) is 0. The van der Waals surface area contributed by atoms with Gasteiger partial charge in [-0.1, -0.05) is 13.8 Å². The molecule has 0 amide bonds. The van der Waals surface area contributed by atoms with Gasteiger partial charge < -0.3 is 34.6 Å². The summed E-state index contributed by atoms with van der Waals surface area (Å²) in [5, 5.41) is 35.4. The zero-order valence-corrected chi connectivity index (χ0v) is 21.5. The van der Waals surface area contributed by atoms with Crippen LogP contribution in [-0.4, -0.2) is 82.0 Å². The Hall–Kier alpha value is -0.280. The van der Waals surface area contributed by atoms with Crippen LogP contribution in [0.4, 0.5) is 0 Å². The number of aliphatic hydroxyl groups is 4. The molecule has 30 heavy (non-hydrogen) atoms. The summed E-state index contributed by atoms with van der Waals surface area (Å²) in [5.41, 5.74) is -0.498. The van der Waals surface area contributed by atoms with Gasteiger partial charge in [0.25, 0.3) is 0 Å². The van der Waals surface area contributed by atoms with Gasteiger partial charge in [0, 0.05) is 0 Å². The first-order chi connectivity index (χ1) is 13.4. The lowest BCUT2D eigenvalue weighted by Gasteiger charge is -2.21. The quantitative estimate of drug-likeness (QED) is 0.435. The lowest BCUT2D eigenvalue weighted by atomic mass is 10.2. The summed E-state index contributed by atoms with van der Waals surface area (Å²) in [6.45, 7) is 22.3. The fourth-order valence-electron chi connectivity index (χ4n) is 1.33. The van der Waals surface area contributed by atoms with Crippen LogP contribution >= 0.6 is 0 Å². The number of hydrogen-bond donors (Lipinski definition) is 4. The van der Waals surface area contributed by atoms with Crippen LogP contribution in [0.3, 0.4) is 0 Å². The highest BCUT2D eigenvalue weighted by Gasteiger charge is 2.13. The largest absolute Gasteiger partial charge is 0.394 e. The normalized spacial score (nSPS) is 15.3. The molecule has 3 atom stereocenters. The molecule has 0 aliphatic rings. The van der Waals surface area contributed by atoms with E-state index in [1.54, 1.807) is 0 Å². The molecule has 0 bridgehead atoms. The van der Waals surface area contributed by atoms with Gasteiger partial charge in [-0.15, -0.1) is 0 Å². The van der Waals surface area contributed by atoms with Crippen LogP contribution < -0.4 is 0 Å². The molecule has 0 aromatic heterocycles. The molecule has 1 unspecified atom stereocenters. The van der Waals surface area contributed by atoms with Crippen molar-refractivity contribution in [2.75, 3.05) is 26.4 Å². The molecule has 0 rings (SSSR count). The first kappa shape index (κ1) is 34.3. The SMILES string of the molecule is CC(C)(C)OC[C@@H](O)CO.CCC(O)COC(C)(C)C.CC[C@@H](O)COC(C)(C)C. The van der Waals surface area contributed by atoms with E-state index in [1.165, 1.54) is 0 Å². The molecule has 0 saturated carbocycles. The average molecular weight is 441 g/mol. The summed E-state index contributed by atoms with van der Waals surface area (Å²) < 4.78 is 15.8. The molecule has 0 aliphatic carbocycles. The van der Waals surface area contributed by atoms with Gasteiger partial charge in [0.05, 0.1) is 55.4 Å². The second kappa shape index (κ2) is 17.3. The van der Waals surface area contributed by atoms with Crippen molar-refractivity contribution >= 4 is 0 Å². The van der Waals surface area contributed by atoms with Gasteiger partial charge in [-0.05, 0) is 75.2 Å². The van der Waals surface area contributed by atoms with Crippen LogP contribution in [0.1, 0.15) is 89.0 Å². The van der Waals surface area contributed by atoms with Crippen molar-refractivity contribution in [1.82, 2.24) is 0 Å². The standard InChI is InChI=1S/2C8H18O2.C7H16O3/c2*1-5-7(9)6-10-8(2,3)4;1-7(2,3)10-5-6(9)4-8/h2*7,9H,5-6H2,1-4H3;6,8-9H,4-5H2,1-3H3/t7-;;6-/m1.0/s1. The van der Waals surface area contributed by atoms with Gasteiger partial charge >= 0.3 is 0 Å². The van der Waals surface area contributed by atoms with Crippen molar-refractivity contribution in [2.24, 2.45) is 0 Å². The predicted octanol–water partition coefficient (Wildman–Crippen LogP) is 3.30. The molecule has 0 aromatic carbocycles. The van der Waals surface area contributed by atoms with Crippen LogP contribution in [0, 0.1) is 0 Å². The zero-order chi connectivity index (χ0) is 24.6. The fraction of sp³-hybridized carbons (Fsp3) is 1.00. The van der Waals surface area contributed by atoms with Gasteiger partial charge in [0.2, 0.25) is 0 Å². The molecule has 7 nitrogen and oxygen atoms in total. The van der Waals surface area contributed by atoms with Gasteiger partial charge in [-0.3, -0.25) is 0 Å². The van der Waals surface area contributed by atoms with Crippen LogP contribution in [-0.2, 0) is 14.2 Å². The molecule has 0 spiro atoms. The summed E-state index contributed by atoms with van der Waals surface area (Å²) in [6.07, 6.45) is 0.157. The van der Waals surface area contributed by atoms with E-state index in [4.69, 9.17) is 34.6 Å². The maximum Gasteiger partial charge on any atom is 0.100 e. The number of aliphatic hydroxyl groups excluding tert-OH is 4. The highest BCUT2D eigenvalue weighted by Crippen LogP contribution is 2.08. The summed E-state index contributed by atoms with van der Waals surface area (Å²) in [6, 6.07) is 0.